The highest BCUT2D eigenvalue weighted by Crippen LogP contribution is 2.21. The van der Waals surface area contributed by atoms with Gasteiger partial charge in [-0.05, 0) is 42.3 Å². The summed E-state index contributed by atoms with van der Waals surface area (Å²) in [6, 6.07) is 24.4. The van der Waals surface area contributed by atoms with Gasteiger partial charge in [-0.25, -0.2) is 4.98 Å². The molecule has 28 heavy (non-hydrogen) atoms. The molecule has 0 bridgehead atoms. The lowest BCUT2D eigenvalue weighted by Crippen LogP contribution is -2.12. The molecule has 0 aliphatic rings. The van der Waals surface area contributed by atoms with Crippen LogP contribution in [0.1, 0.15) is 17.0 Å². The molecule has 0 amide bonds. The zero-order valence-electron chi connectivity index (χ0n) is 16.3. The second kappa shape index (κ2) is 8.17. The van der Waals surface area contributed by atoms with E-state index in [-0.39, 0.29) is 0 Å². The van der Waals surface area contributed by atoms with Crippen molar-refractivity contribution in [2.24, 2.45) is 0 Å². The molecule has 4 nitrogen and oxygen atoms in total. The van der Waals surface area contributed by atoms with Gasteiger partial charge >= 0.3 is 0 Å². The molecule has 3 aromatic carbocycles. The second-order valence-electron chi connectivity index (χ2n) is 6.80. The third-order valence-corrected chi connectivity index (χ3v) is 4.97. The fourth-order valence-electron chi connectivity index (χ4n) is 3.43. The van der Waals surface area contributed by atoms with Crippen LogP contribution in [0, 0.1) is 6.92 Å². The fourth-order valence-corrected chi connectivity index (χ4v) is 3.43. The molecule has 0 aliphatic carbocycles. The Balaban J connectivity index is 1.57. The Labute approximate surface area is 165 Å². The highest BCUT2D eigenvalue weighted by Gasteiger charge is 2.12. The summed E-state index contributed by atoms with van der Waals surface area (Å²) < 4.78 is 13.5. The van der Waals surface area contributed by atoms with Crippen LogP contribution in [0.15, 0.2) is 72.8 Å². The number of hydrogen-bond acceptors (Lipinski definition) is 3. The summed E-state index contributed by atoms with van der Waals surface area (Å²) in [7, 11) is 1.66. The zero-order chi connectivity index (χ0) is 19.3. The van der Waals surface area contributed by atoms with Crippen molar-refractivity contribution in [3.8, 4) is 11.5 Å². The standard InChI is InChI=1S/C24H24N2O2/c1-18-8-3-4-9-19(18)16-24-25-22-12-5-6-13-23(22)26(24)14-15-28-21-11-7-10-20(17-21)27-2/h3-13,17H,14-16H2,1-2H3. The molecular weight excluding hydrogens is 348 g/mol. The summed E-state index contributed by atoms with van der Waals surface area (Å²) in [5.74, 6) is 2.67. The van der Waals surface area contributed by atoms with E-state index in [2.05, 4.69) is 54.0 Å². The van der Waals surface area contributed by atoms with Gasteiger partial charge in [0.2, 0.25) is 0 Å². The number of imidazole rings is 1. The first kappa shape index (κ1) is 18.1. The van der Waals surface area contributed by atoms with E-state index < -0.39 is 0 Å². The maximum atomic E-state index is 5.97. The van der Waals surface area contributed by atoms with Crippen molar-refractivity contribution in [3.05, 3.63) is 89.7 Å². The molecule has 0 radical (unpaired) electrons. The number of fused-ring (bicyclic) bond motifs is 1. The van der Waals surface area contributed by atoms with Gasteiger partial charge in [0, 0.05) is 12.5 Å². The number of methoxy groups -OCH3 is 1. The minimum absolute atomic E-state index is 0.564. The molecule has 0 N–H and O–H groups in total. The van der Waals surface area contributed by atoms with E-state index in [1.807, 2.05) is 30.3 Å². The number of aromatic nitrogens is 2. The van der Waals surface area contributed by atoms with Crippen LogP contribution in [-0.4, -0.2) is 23.3 Å². The van der Waals surface area contributed by atoms with Gasteiger partial charge in [-0.3, -0.25) is 0 Å². The molecule has 1 aromatic heterocycles. The quantitative estimate of drug-likeness (QED) is 0.457. The molecule has 0 atom stereocenters. The molecule has 1 heterocycles. The van der Waals surface area contributed by atoms with E-state index >= 15 is 0 Å². The summed E-state index contributed by atoms with van der Waals surface area (Å²) in [6.45, 7) is 3.45. The van der Waals surface area contributed by atoms with Crippen LogP contribution in [0.5, 0.6) is 11.5 Å². The minimum Gasteiger partial charge on any atom is -0.497 e. The lowest BCUT2D eigenvalue weighted by molar-refractivity contribution is 0.296. The van der Waals surface area contributed by atoms with E-state index in [9.17, 15) is 0 Å². The van der Waals surface area contributed by atoms with Crippen molar-refractivity contribution in [2.45, 2.75) is 19.9 Å². The summed E-state index contributed by atoms with van der Waals surface area (Å²) in [4.78, 5) is 4.89. The number of rotatable bonds is 7. The third-order valence-electron chi connectivity index (χ3n) is 4.97. The third kappa shape index (κ3) is 3.86. The lowest BCUT2D eigenvalue weighted by Gasteiger charge is -2.12. The number of para-hydroxylation sites is 2. The summed E-state index contributed by atoms with van der Waals surface area (Å²) >= 11 is 0. The summed E-state index contributed by atoms with van der Waals surface area (Å²) in [5.41, 5.74) is 4.74. The maximum Gasteiger partial charge on any atom is 0.123 e. The Hall–Kier alpha value is -3.27. The monoisotopic (exact) mass is 372 g/mol. The van der Waals surface area contributed by atoms with Gasteiger partial charge in [0.15, 0.2) is 0 Å². The van der Waals surface area contributed by atoms with Gasteiger partial charge in [0.05, 0.1) is 24.7 Å². The normalized spacial score (nSPS) is 10.9. The van der Waals surface area contributed by atoms with Gasteiger partial charge in [-0.2, -0.15) is 0 Å². The van der Waals surface area contributed by atoms with Crippen molar-refractivity contribution < 1.29 is 9.47 Å². The van der Waals surface area contributed by atoms with Gasteiger partial charge in [-0.1, -0.05) is 42.5 Å². The van der Waals surface area contributed by atoms with Crippen LogP contribution >= 0.6 is 0 Å². The molecule has 0 spiro atoms. The van der Waals surface area contributed by atoms with Crippen molar-refractivity contribution in [1.29, 1.82) is 0 Å². The average Bonchev–Trinajstić information content (AvgIpc) is 3.07. The Morgan fingerprint density at radius 1 is 0.893 bits per heavy atom. The van der Waals surface area contributed by atoms with Crippen molar-refractivity contribution in [1.82, 2.24) is 9.55 Å². The van der Waals surface area contributed by atoms with Crippen LogP contribution in [0.25, 0.3) is 11.0 Å². The Morgan fingerprint density at radius 2 is 1.68 bits per heavy atom. The average molecular weight is 372 g/mol. The van der Waals surface area contributed by atoms with Crippen LogP contribution in [0.2, 0.25) is 0 Å². The molecule has 0 fully saturated rings. The number of benzene rings is 3. The van der Waals surface area contributed by atoms with Crippen LogP contribution in [-0.2, 0) is 13.0 Å². The predicted octanol–water partition coefficient (Wildman–Crippen LogP) is 5.02. The minimum atomic E-state index is 0.564. The van der Waals surface area contributed by atoms with E-state index in [1.165, 1.54) is 11.1 Å². The Morgan fingerprint density at radius 3 is 2.54 bits per heavy atom. The van der Waals surface area contributed by atoms with Crippen molar-refractivity contribution in [3.63, 3.8) is 0 Å². The van der Waals surface area contributed by atoms with Gasteiger partial charge in [0.25, 0.3) is 0 Å². The SMILES string of the molecule is COc1cccc(OCCn2c(Cc3ccccc3C)nc3ccccc32)c1. The molecular formula is C24H24N2O2. The molecule has 0 unspecified atom stereocenters. The summed E-state index contributed by atoms with van der Waals surface area (Å²) in [5, 5.41) is 0. The highest BCUT2D eigenvalue weighted by atomic mass is 16.5. The van der Waals surface area contributed by atoms with Crippen LogP contribution in [0.3, 0.4) is 0 Å². The van der Waals surface area contributed by atoms with Crippen molar-refractivity contribution >= 4 is 11.0 Å². The lowest BCUT2D eigenvalue weighted by atomic mass is 10.1. The molecule has 0 saturated heterocycles. The molecule has 0 aliphatic heterocycles. The molecule has 4 heteroatoms. The van der Waals surface area contributed by atoms with E-state index in [4.69, 9.17) is 14.5 Å². The molecule has 142 valence electrons. The first-order valence-corrected chi connectivity index (χ1v) is 9.50. The highest BCUT2D eigenvalue weighted by molar-refractivity contribution is 5.76. The molecule has 4 aromatic rings. The maximum absolute atomic E-state index is 5.97. The number of hydrogen-bond donors (Lipinski definition) is 0. The van der Waals surface area contributed by atoms with Gasteiger partial charge in [-0.15, -0.1) is 0 Å². The fraction of sp³-hybridized carbons (Fsp3) is 0.208. The number of aryl methyl sites for hydroxylation is 1. The predicted molar refractivity (Wildman–Crippen MR) is 112 cm³/mol. The first-order valence-electron chi connectivity index (χ1n) is 9.50. The molecule has 0 saturated carbocycles. The second-order valence-corrected chi connectivity index (χ2v) is 6.80. The van der Waals surface area contributed by atoms with Crippen LogP contribution < -0.4 is 9.47 Å². The van der Waals surface area contributed by atoms with Crippen LogP contribution in [0.4, 0.5) is 0 Å². The molecule has 4 rings (SSSR count). The number of nitrogens with zero attached hydrogens (tertiary/aromatic N) is 2. The zero-order valence-corrected chi connectivity index (χ0v) is 16.3. The van der Waals surface area contributed by atoms with E-state index in [0.29, 0.717) is 6.61 Å². The Bertz CT molecular complexity index is 1080. The van der Waals surface area contributed by atoms with Gasteiger partial charge < -0.3 is 14.0 Å². The topological polar surface area (TPSA) is 36.3 Å². The largest absolute Gasteiger partial charge is 0.497 e. The smallest absolute Gasteiger partial charge is 0.123 e. The Kier molecular flexibility index (Phi) is 5.29. The first-order chi connectivity index (χ1) is 13.7. The van der Waals surface area contributed by atoms with Gasteiger partial charge in [0.1, 0.15) is 23.9 Å². The summed E-state index contributed by atoms with van der Waals surface area (Å²) in [6.07, 6.45) is 0.806. The van der Waals surface area contributed by atoms with Crippen molar-refractivity contribution in [2.75, 3.05) is 13.7 Å². The number of ether oxygens (including phenoxy) is 2. The van der Waals surface area contributed by atoms with E-state index in [0.717, 1.165) is 41.3 Å². The van der Waals surface area contributed by atoms with E-state index in [1.54, 1.807) is 7.11 Å².